The van der Waals surface area contributed by atoms with Crippen molar-refractivity contribution in [2.75, 3.05) is 7.05 Å². The molecule has 0 radical (unpaired) electrons. The number of pyridine rings is 1. The highest BCUT2D eigenvalue weighted by molar-refractivity contribution is 7.10. The maximum Gasteiger partial charge on any atom is 0.0346 e. The first-order chi connectivity index (χ1) is 8.88. The molecule has 2 aromatic heterocycles. The van der Waals surface area contributed by atoms with Crippen molar-refractivity contribution in [3.05, 3.63) is 53.0 Å². The fourth-order valence-corrected chi connectivity index (χ4v) is 3.06. The van der Waals surface area contributed by atoms with Crippen molar-refractivity contribution >= 4 is 22.1 Å². The third-order valence-electron chi connectivity index (χ3n) is 3.00. The van der Waals surface area contributed by atoms with E-state index in [0.29, 0.717) is 0 Å². The lowest BCUT2D eigenvalue weighted by molar-refractivity contribution is 0.831. The molecule has 0 saturated carbocycles. The van der Waals surface area contributed by atoms with Gasteiger partial charge in [0.15, 0.2) is 0 Å². The fraction of sp³-hybridized carbons (Fsp3) is 0.133. The molecule has 0 aliphatic carbocycles. The van der Waals surface area contributed by atoms with E-state index in [1.165, 1.54) is 26.8 Å². The van der Waals surface area contributed by atoms with E-state index in [2.05, 4.69) is 46.0 Å². The van der Waals surface area contributed by atoms with Crippen LogP contribution in [-0.4, -0.2) is 12.0 Å². The normalized spacial score (nSPS) is 10.9. The van der Waals surface area contributed by atoms with Gasteiger partial charge in [-0.05, 0) is 41.1 Å². The third-order valence-corrected chi connectivity index (χ3v) is 3.93. The predicted molar refractivity (Wildman–Crippen MR) is 77.8 cm³/mol. The van der Waals surface area contributed by atoms with Gasteiger partial charge in [0, 0.05) is 29.2 Å². The lowest BCUT2D eigenvalue weighted by atomic mass is 10.0. The molecule has 0 aliphatic rings. The number of aromatic nitrogens is 1. The smallest absolute Gasteiger partial charge is 0.0346 e. The Labute approximate surface area is 110 Å². The van der Waals surface area contributed by atoms with Gasteiger partial charge in [-0.15, -0.1) is 11.3 Å². The minimum Gasteiger partial charge on any atom is -0.315 e. The van der Waals surface area contributed by atoms with E-state index < -0.39 is 0 Å². The van der Waals surface area contributed by atoms with Crippen LogP contribution in [0, 0.1) is 0 Å². The van der Waals surface area contributed by atoms with E-state index in [-0.39, 0.29) is 0 Å². The van der Waals surface area contributed by atoms with Crippen LogP contribution in [0.2, 0.25) is 0 Å². The molecule has 90 valence electrons. The monoisotopic (exact) mass is 254 g/mol. The van der Waals surface area contributed by atoms with Gasteiger partial charge in [0.2, 0.25) is 0 Å². The summed E-state index contributed by atoms with van der Waals surface area (Å²) < 4.78 is 0. The molecule has 3 aromatic rings. The molecule has 0 bridgehead atoms. The summed E-state index contributed by atoms with van der Waals surface area (Å²) >= 11 is 1.80. The summed E-state index contributed by atoms with van der Waals surface area (Å²) in [5.74, 6) is 0. The van der Waals surface area contributed by atoms with E-state index in [1.807, 2.05) is 19.4 Å². The van der Waals surface area contributed by atoms with Crippen LogP contribution in [0.5, 0.6) is 0 Å². The van der Waals surface area contributed by atoms with Crippen LogP contribution in [0.4, 0.5) is 0 Å². The van der Waals surface area contributed by atoms with Gasteiger partial charge >= 0.3 is 0 Å². The zero-order valence-corrected chi connectivity index (χ0v) is 11.0. The summed E-state index contributed by atoms with van der Waals surface area (Å²) in [6.07, 6.45) is 3.77. The molecule has 0 unspecified atom stereocenters. The van der Waals surface area contributed by atoms with Gasteiger partial charge < -0.3 is 5.32 Å². The number of nitrogens with zero attached hydrogens (tertiary/aromatic N) is 1. The van der Waals surface area contributed by atoms with Gasteiger partial charge in [0.05, 0.1) is 0 Å². The molecule has 3 heteroatoms. The van der Waals surface area contributed by atoms with E-state index in [9.17, 15) is 0 Å². The topological polar surface area (TPSA) is 24.9 Å². The van der Waals surface area contributed by atoms with Gasteiger partial charge in [0.25, 0.3) is 0 Å². The third kappa shape index (κ3) is 2.03. The van der Waals surface area contributed by atoms with Crippen molar-refractivity contribution in [1.29, 1.82) is 0 Å². The quantitative estimate of drug-likeness (QED) is 0.771. The zero-order valence-electron chi connectivity index (χ0n) is 10.2. The minimum atomic E-state index is 0.928. The Kier molecular flexibility index (Phi) is 3.09. The Balaban J connectivity index is 2.12. The maximum absolute atomic E-state index is 4.17. The highest BCUT2D eigenvalue weighted by atomic mass is 32.1. The number of fused-ring (bicyclic) bond motifs is 1. The molecule has 0 saturated heterocycles. The SMILES string of the molecule is CNCc1cc(-c2cccc3cnccc23)cs1. The van der Waals surface area contributed by atoms with E-state index in [4.69, 9.17) is 0 Å². The molecule has 2 nitrogen and oxygen atoms in total. The zero-order chi connectivity index (χ0) is 12.4. The minimum absolute atomic E-state index is 0.928. The van der Waals surface area contributed by atoms with Gasteiger partial charge in [0.1, 0.15) is 0 Å². The summed E-state index contributed by atoms with van der Waals surface area (Å²) in [5.41, 5.74) is 2.58. The summed E-state index contributed by atoms with van der Waals surface area (Å²) in [5, 5.41) is 7.87. The number of rotatable bonds is 3. The van der Waals surface area contributed by atoms with Crippen molar-refractivity contribution < 1.29 is 0 Å². The van der Waals surface area contributed by atoms with Crippen LogP contribution in [0.3, 0.4) is 0 Å². The van der Waals surface area contributed by atoms with E-state index in [0.717, 1.165) is 6.54 Å². The standard InChI is InChI=1S/C15H14N2S/c1-16-9-13-7-12(10-18-13)14-4-2-3-11-8-17-6-5-15(11)14/h2-8,10,16H,9H2,1H3. The Morgan fingerprint density at radius 1 is 1.28 bits per heavy atom. The number of nitrogens with one attached hydrogen (secondary N) is 1. The van der Waals surface area contributed by atoms with Gasteiger partial charge in [-0.1, -0.05) is 18.2 Å². The Morgan fingerprint density at radius 2 is 2.22 bits per heavy atom. The molecular weight excluding hydrogens is 240 g/mol. The first-order valence-electron chi connectivity index (χ1n) is 5.93. The molecule has 1 N–H and O–H groups in total. The van der Waals surface area contributed by atoms with Crippen molar-refractivity contribution in [2.45, 2.75) is 6.54 Å². The first-order valence-corrected chi connectivity index (χ1v) is 6.81. The number of benzene rings is 1. The summed E-state index contributed by atoms with van der Waals surface area (Å²) in [6.45, 7) is 0.928. The van der Waals surface area contributed by atoms with Crippen LogP contribution in [0.1, 0.15) is 4.88 Å². The van der Waals surface area contributed by atoms with Crippen LogP contribution in [-0.2, 0) is 6.54 Å². The van der Waals surface area contributed by atoms with Gasteiger partial charge in [-0.2, -0.15) is 0 Å². The average Bonchev–Trinajstić information content (AvgIpc) is 2.87. The molecule has 3 rings (SSSR count). The molecule has 1 aromatic carbocycles. The number of hydrogen-bond acceptors (Lipinski definition) is 3. The fourth-order valence-electron chi connectivity index (χ4n) is 2.16. The molecular formula is C15H14N2S. The van der Waals surface area contributed by atoms with Crippen LogP contribution >= 0.6 is 11.3 Å². The summed E-state index contributed by atoms with van der Waals surface area (Å²) in [7, 11) is 1.98. The maximum atomic E-state index is 4.17. The first kappa shape index (κ1) is 11.4. The van der Waals surface area contributed by atoms with E-state index in [1.54, 1.807) is 11.3 Å². The molecule has 0 fully saturated rings. The molecule has 18 heavy (non-hydrogen) atoms. The van der Waals surface area contributed by atoms with Crippen molar-refractivity contribution in [3.8, 4) is 11.1 Å². The average molecular weight is 254 g/mol. The van der Waals surface area contributed by atoms with Gasteiger partial charge in [-0.25, -0.2) is 0 Å². The highest BCUT2D eigenvalue weighted by Gasteiger charge is 2.05. The van der Waals surface area contributed by atoms with Crippen LogP contribution in [0.25, 0.3) is 21.9 Å². The molecule has 0 amide bonds. The lowest BCUT2D eigenvalue weighted by Gasteiger charge is -2.03. The summed E-state index contributed by atoms with van der Waals surface area (Å²) in [6, 6.07) is 10.7. The Hall–Kier alpha value is -1.71. The van der Waals surface area contributed by atoms with Crippen molar-refractivity contribution in [3.63, 3.8) is 0 Å². The predicted octanol–water partition coefficient (Wildman–Crippen LogP) is 3.68. The highest BCUT2D eigenvalue weighted by Crippen LogP contribution is 2.31. The molecule has 0 spiro atoms. The second-order valence-electron chi connectivity index (χ2n) is 4.23. The van der Waals surface area contributed by atoms with Crippen LogP contribution < -0.4 is 5.32 Å². The Morgan fingerprint density at radius 3 is 3.11 bits per heavy atom. The van der Waals surface area contributed by atoms with Crippen molar-refractivity contribution in [2.24, 2.45) is 0 Å². The number of thiophene rings is 1. The largest absolute Gasteiger partial charge is 0.315 e. The summed E-state index contributed by atoms with van der Waals surface area (Å²) in [4.78, 5) is 5.53. The second-order valence-corrected chi connectivity index (χ2v) is 5.23. The van der Waals surface area contributed by atoms with Crippen molar-refractivity contribution in [1.82, 2.24) is 10.3 Å². The van der Waals surface area contributed by atoms with E-state index >= 15 is 0 Å². The number of hydrogen-bond donors (Lipinski definition) is 1. The molecule has 0 aliphatic heterocycles. The molecule has 0 atom stereocenters. The second kappa shape index (κ2) is 4.88. The Bertz CT molecular complexity index is 668. The van der Waals surface area contributed by atoms with Gasteiger partial charge in [-0.3, -0.25) is 4.98 Å². The lowest BCUT2D eigenvalue weighted by Crippen LogP contribution is -2.02. The molecule has 2 heterocycles. The van der Waals surface area contributed by atoms with Crippen LogP contribution in [0.15, 0.2) is 48.1 Å².